The minimum absolute atomic E-state index is 0.292. The number of amides is 1. The molecular weight excluding hydrogens is 142 g/mol. The van der Waals surface area contributed by atoms with Crippen LogP contribution in [0.4, 0.5) is 0 Å². The quantitative estimate of drug-likeness (QED) is 0.617. The van der Waals surface area contributed by atoms with Crippen molar-refractivity contribution in [3.05, 3.63) is 0 Å². The van der Waals surface area contributed by atoms with Gasteiger partial charge in [0, 0.05) is 6.54 Å². The lowest BCUT2D eigenvalue weighted by Gasteiger charge is -2.24. The van der Waals surface area contributed by atoms with E-state index in [-0.39, 0.29) is 11.3 Å². The monoisotopic (exact) mass is 159 g/mol. The van der Waals surface area contributed by atoms with Crippen LogP contribution in [0.25, 0.3) is 0 Å². The maximum Gasteiger partial charge on any atom is 0.249 e. The molecule has 0 aromatic carbocycles. The SMILES string of the molecule is CCNC(=O)[C@H](O)C(C)(C)C. The van der Waals surface area contributed by atoms with Crippen LogP contribution in [0.1, 0.15) is 27.7 Å². The van der Waals surface area contributed by atoms with Crippen LogP contribution in [0.2, 0.25) is 0 Å². The summed E-state index contributed by atoms with van der Waals surface area (Å²) in [4.78, 5) is 11.0. The first-order valence-corrected chi connectivity index (χ1v) is 3.85. The van der Waals surface area contributed by atoms with E-state index < -0.39 is 6.10 Å². The first kappa shape index (κ1) is 10.4. The van der Waals surface area contributed by atoms with Crippen molar-refractivity contribution in [1.29, 1.82) is 0 Å². The van der Waals surface area contributed by atoms with Crippen LogP contribution in [0, 0.1) is 5.41 Å². The second-order valence-electron chi connectivity index (χ2n) is 3.66. The molecule has 2 N–H and O–H groups in total. The van der Waals surface area contributed by atoms with E-state index in [1.807, 2.05) is 27.7 Å². The minimum Gasteiger partial charge on any atom is -0.383 e. The molecule has 0 rings (SSSR count). The second-order valence-corrected chi connectivity index (χ2v) is 3.66. The van der Waals surface area contributed by atoms with Crippen LogP contribution in [0.5, 0.6) is 0 Å². The van der Waals surface area contributed by atoms with Crippen LogP contribution in [0.15, 0.2) is 0 Å². The van der Waals surface area contributed by atoms with Gasteiger partial charge in [-0.3, -0.25) is 4.79 Å². The third-order valence-corrected chi connectivity index (χ3v) is 1.42. The maximum absolute atomic E-state index is 11.0. The molecule has 0 aliphatic carbocycles. The summed E-state index contributed by atoms with van der Waals surface area (Å²) in [6.07, 6.45) is -0.914. The smallest absolute Gasteiger partial charge is 0.249 e. The lowest BCUT2D eigenvalue weighted by atomic mass is 9.89. The van der Waals surface area contributed by atoms with Crippen molar-refractivity contribution >= 4 is 5.91 Å². The number of rotatable bonds is 2. The highest BCUT2D eigenvalue weighted by atomic mass is 16.3. The number of nitrogens with one attached hydrogen (secondary N) is 1. The Morgan fingerprint density at radius 3 is 2.27 bits per heavy atom. The fourth-order valence-corrected chi connectivity index (χ4v) is 0.664. The maximum atomic E-state index is 11.0. The number of aliphatic hydroxyl groups is 1. The third-order valence-electron chi connectivity index (χ3n) is 1.42. The van der Waals surface area contributed by atoms with Crippen LogP contribution in [-0.4, -0.2) is 23.7 Å². The predicted octanol–water partition coefficient (Wildman–Crippen LogP) is 0.529. The Balaban J connectivity index is 4.03. The largest absolute Gasteiger partial charge is 0.383 e. The molecule has 0 aliphatic heterocycles. The first-order valence-electron chi connectivity index (χ1n) is 3.85. The fourth-order valence-electron chi connectivity index (χ4n) is 0.664. The highest BCUT2D eigenvalue weighted by molar-refractivity contribution is 5.81. The van der Waals surface area contributed by atoms with E-state index in [0.717, 1.165) is 0 Å². The lowest BCUT2D eigenvalue weighted by molar-refractivity contribution is -0.134. The zero-order valence-electron chi connectivity index (χ0n) is 7.64. The van der Waals surface area contributed by atoms with Gasteiger partial charge in [-0.05, 0) is 12.3 Å². The predicted molar refractivity (Wildman–Crippen MR) is 44.1 cm³/mol. The van der Waals surface area contributed by atoms with Crippen molar-refractivity contribution in [3.8, 4) is 0 Å². The van der Waals surface area contributed by atoms with E-state index in [1.165, 1.54) is 0 Å². The molecule has 0 heterocycles. The van der Waals surface area contributed by atoms with Crippen molar-refractivity contribution in [1.82, 2.24) is 5.32 Å². The second kappa shape index (κ2) is 3.72. The first-order chi connectivity index (χ1) is 4.89. The molecule has 66 valence electrons. The topological polar surface area (TPSA) is 49.3 Å². The normalized spacial score (nSPS) is 14.3. The number of hydrogen-bond donors (Lipinski definition) is 2. The molecule has 0 spiro atoms. The van der Waals surface area contributed by atoms with Crippen LogP contribution in [0.3, 0.4) is 0 Å². The van der Waals surface area contributed by atoms with Gasteiger partial charge in [0.2, 0.25) is 5.91 Å². The van der Waals surface area contributed by atoms with Crippen molar-refractivity contribution < 1.29 is 9.90 Å². The fraction of sp³-hybridized carbons (Fsp3) is 0.875. The van der Waals surface area contributed by atoms with Crippen LogP contribution in [-0.2, 0) is 4.79 Å². The average Bonchev–Trinajstić information content (AvgIpc) is 1.85. The Morgan fingerprint density at radius 2 is 2.00 bits per heavy atom. The average molecular weight is 159 g/mol. The summed E-state index contributed by atoms with van der Waals surface area (Å²) in [7, 11) is 0. The van der Waals surface area contributed by atoms with Gasteiger partial charge in [0.25, 0.3) is 0 Å². The molecule has 0 saturated heterocycles. The summed E-state index contributed by atoms with van der Waals surface area (Å²) in [5.74, 6) is -0.292. The van der Waals surface area contributed by atoms with E-state index in [1.54, 1.807) is 0 Å². The van der Waals surface area contributed by atoms with Crippen LogP contribution >= 0.6 is 0 Å². The summed E-state index contributed by atoms with van der Waals surface area (Å²) < 4.78 is 0. The summed E-state index contributed by atoms with van der Waals surface area (Å²) >= 11 is 0. The minimum atomic E-state index is -0.914. The molecule has 11 heavy (non-hydrogen) atoms. The van der Waals surface area contributed by atoms with E-state index in [4.69, 9.17) is 0 Å². The molecule has 3 heteroatoms. The molecule has 0 radical (unpaired) electrons. The molecule has 0 aromatic heterocycles. The molecule has 1 atom stereocenters. The molecule has 0 unspecified atom stereocenters. The Labute approximate surface area is 67.8 Å². The summed E-state index contributed by atoms with van der Waals surface area (Å²) in [5.41, 5.74) is -0.376. The van der Waals surface area contributed by atoms with Gasteiger partial charge < -0.3 is 10.4 Å². The third kappa shape index (κ3) is 3.37. The number of aliphatic hydroxyl groups excluding tert-OH is 1. The summed E-state index contributed by atoms with van der Waals surface area (Å²) in [6, 6.07) is 0. The van der Waals surface area contributed by atoms with Crippen LogP contribution < -0.4 is 5.32 Å². The van der Waals surface area contributed by atoms with Crippen molar-refractivity contribution in [2.75, 3.05) is 6.54 Å². The zero-order valence-corrected chi connectivity index (χ0v) is 7.64. The van der Waals surface area contributed by atoms with E-state index in [2.05, 4.69) is 5.32 Å². The van der Waals surface area contributed by atoms with Gasteiger partial charge in [0.15, 0.2) is 0 Å². The molecule has 0 saturated carbocycles. The molecule has 0 bridgehead atoms. The molecule has 0 fully saturated rings. The Kier molecular flexibility index (Phi) is 3.52. The van der Waals surface area contributed by atoms with Crippen molar-refractivity contribution in [3.63, 3.8) is 0 Å². The lowest BCUT2D eigenvalue weighted by Crippen LogP contribution is -2.42. The van der Waals surface area contributed by atoms with Crippen molar-refractivity contribution in [2.45, 2.75) is 33.8 Å². The zero-order chi connectivity index (χ0) is 9.07. The van der Waals surface area contributed by atoms with Gasteiger partial charge in [-0.25, -0.2) is 0 Å². The van der Waals surface area contributed by atoms with Gasteiger partial charge in [-0.15, -0.1) is 0 Å². The molecule has 3 nitrogen and oxygen atoms in total. The van der Waals surface area contributed by atoms with Gasteiger partial charge in [0.1, 0.15) is 6.10 Å². The van der Waals surface area contributed by atoms with Gasteiger partial charge in [0.05, 0.1) is 0 Å². The molecule has 0 aliphatic rings. The van der Waals surface area contributed by atoms with Gasteiger partial charge in [-0.1, -0.05) is 20.8 Å². The summed E-state index contributed by atoms with van der Waals surface area (Å²) in [6.45, 7) is 7.87. The number of carbonyl (C=O) groups is 1. The summed E-state index contributed by atoms with van der Waals surface area (Å²) in [5, 5.41) is 11.9. The van der Waals surface area contributed by atoms with E-state index in [9.17, 15) is 9.90 Å². The van der Waals surface area contributed by atoms with E-state index in [0.29, 0.717) is 6.54 Å². The number of hydrogen-bond acceptors (Lipinski definition) is 2. The van der Waals surface area contributed by atoms with Crippen molar-refractivity contribution in [2.24, 2.45) is 5.41 Å². The highest BCUT2D eigenvalue weighted by Gasteiger charge is 2.28. The van der Waals surface area contributed by atoms with Gasteiger partial charge in [-0.2, -0.15) is 0 Å². The van der Waals surface area contributed by atoms with E-state index >= 15 is 0 Å². The Morgan fingerprint density at radius 1 is 1.55 bits per heavy atom. The standard InChI is InChI=1S/C8H17NO2/c1-5-9-7(11)6(10)8(2,3)4/h6,10H,5H2,1-4H3,(H,9,11)/t6-/m0/s1. The Hall–Kier alpha value is -0.570. The van der Waals surface area contributed by atoms with Gasteiger partial charge >= 0.3 is 0 Å². The molecule has 1 amide bonds. The molecule has 0 aromatic rings. The highest BCUT2D eigenvalue weighted by Crippen LogP contribution is 2.18. The molecular formula is C8H17NO2. The Bertz CT molecular complexity index is 138. The number of carbonyl (C=O) groups excluding carboxylic acids is 1. The number of likely N-dealkylation sites (N-methyl/N-ethyl adjacent to an activating group) is 1.